The Morgan fingerprint density at radius 2 is 2.12 bits per heavy atom. The van der Waals surface area contributed by atoms with Gasteiger partial charge < -0.3 is 15.5 Å². The van der Waals surface area contributed by atoms with E-state index in [4.69, 9.17) is 0 Å². The molecule has 3 rings (SSSR count). The second kappa shape index (κ2) is 7.06. The third-order valence-corrected chi connectivity index (χ3v) is 4.10. The molecule has 1 aromatic carbocycles. The normalized spacial score (nSPS) is 14.7. The number of hydrogen-bond acceptors (Lipinski definition) is 6. The van der Waals surface area contributed by atoms with E-state index in [2.05, 4.69) is 34.1 Å². The lowest BCUT2D eigenvalue weighted by molar-refractivity contribution is 0.258. The van der Waals surface area contributed by atoms with Gasteiger partial charge in [0, 0.05) is 7.05 Å². The van der Waals surface area contributed by atoms with Crippen LogP contribution in [0.2, 0.25) is 0 Å². The molecule has 0 saturated carbocycles. The number of aliphatic hydroxyl groups excluding tert-OH is 1. The predicted molar refractivity (Wildman–Crippen MR) is 97.8 cm³/mol. The third-order valence-electron chi connectivity index (χ3n) is 4.10. The van der Waals surface area contributed by atoms with Crippen molar-refractivity contribution in [3.05, 3.63) is 34.5 Å². The molecular weight excluding hydrogens is 318 g/mol. The van der Waals surface area contributed by atoms with Gasteiger partial charge in [-0.3, -0.25) is 4.57 Å². The fraction of sp³-hybridized carbons (Fsp3) is 0.389. The van der Waals surface area contributed by atoms with E-state index in [1.807, 2.05) is 18.2 Å². The summed E-state index contributed by atoms with van der Waals surface area (Å²) < 4.78 is 1.58. The van der Waals surface area contributed by atoms with Gasteiger partial charge in [-0.25, -0.2) is 15.0 Å². The van der Waals surface area contributed by atoms with Crippen LogP contribution >= 0.6 is 0 Å². The third kappa shape index (κ3) is 3.71. The summed E-state index contributed by atoms with van der Waals surface area (Å²) in [4.78, 5) is 12.8. The highest BCUT2D eigenvalue weighted by molar-refractivity contribution is 5.67. The molecule has 2 aromatic rings. The molecule has 2 heterocycles. The van der Waals surface area contributed by atoms with Gasteiger partial charge in [-0.15, -0.1) is 0 Å². The van der Waals surface area contributed by atoms with Crippen molar-refractivity contribution < 1.29 is 10.2 Å². The van der Waals surface area contributed by atoms with E-state index in [1.165, 1.54) is 6.34 Å². The van der Waals surface area contributed by atoms with Crippen molar-refractivity contribution in [2.45, 2.75) is 26.3 Å². The van der Waals surface area contributed by atoms with Crippen LogP contribution < -0.4 is 15.9 Å². The summed E-state index contributed by atoms with van der Waals surface area (Å²) in [6.07, 6.45) is 4.14. The van der Waals surface area contributed by atoms with Gasteiger partial charge in [-0.1, -0.05) is 19.9 Å². The zero-order chi connectivity index (χ0) is 18.0. The molecule has 1 atom stereocenters. The Kier molecular flexibility index (Phi) is 4.85. The van der Waals surface area contributed by atoms with Crippen LogP contribution in [0.3, 0.4) is 0 Å². The molecule has 0 amide bonds. The zero-order valence-electron chi connectivity index (χ0n) is 14.6. The second-order valence-corrected chi connectivity index (χ2v) is 6.62. The molecule has 0 fully saturated rings. The lowest BCUT2D eigenvalue weighted by Crippen LogP contribution is -2.27. The average molecular weight is 341 g/mol. The van der Waals surface area contributed by atoms with Crippen LogP contribution in [0.5, 0.6) is 5.88 Å². The van der Waals surface area contributed by atoms with E-state index in [0.717, 1.165) is 22.7 Å². The summed E-state index contributed by atoms with van der Waals surface area (Å²) in [6.45, 7) is 4.21. The number of hydrogen-bond donors (Lipinski definition) is 3. The minimum Gasteiger partial charge on any atom is -0.493 e. The maximum absolute atomic E-state index is 10.4. The highest BCUT2D eigenvalue weighted by Gasteiger charge is 2.16. The molecule has 7 heteroatoms. The van der Waals surface area contributed by atoms with E-state index in [0.29, 0.717) is 17.6 Å². The first-order valence-electron chi connectivity index (χ1n) is 8.33. The molecule has 7 nitrogen and oxygen atoms in total. The number of nitrogens with zero attached hydrogens (tertiary/aromatic N) is 4. The quantitative estimate of drug-likeness (QED) is 0.732. The first-order valence-corrected chi connectivity index (χ1v) is 8.33. The minimum absolute atomic E-state index is 0.0111. The number of nitrogens with one attached hydrogen (secondary N) is 1. The fourth-order valence-corrected chi connectivity index (χ4v) is 2.82. The van der Waals surface area contributed by atoms with Crippen molar-refractivity contribution in [1.29, 1.82) is 0 Å². The van der Waals surface area contributed by atoms with E-state index < -0.39 is 0 Å². The summed E-state index contributed by atoms with van der Waals surface area (Å²) >= 11 is 0. The zero-order valence-corrected chi connectivity index (χ0v) is 14.6. The highest BCUT2D eigenvalue weighted by atomic mass is 16.3. The molecule has 1 aliphatic rings. The molecule has 0 aliphatic carbocycles. The summed E-state index contributed by atoms with van der Waals surface area (Å²) in [5.74, 6) is 1.04. The van der Waals surface area contributed by atoms with Gasteiger partial charge in [-0.2, -0.15) is 0 Å². The SMILES string of the molecule is CC(C)C[C@H](CO)Nc1nc(/C=c2\ccc3c(c2)N=CN=3)c(O)n1C. The standard InChI is InChI=1S/C18H23N5O2/c1-11(2)6-13(9-24)21-18-22-16(17(25)23(18)3)8-12-4-5-14-15(7-12)20-10-19-14/h4-5,7-8,10-11,13,24-25H,6,9H2,1-3H3,(H,21,22)/b12-8+/t13-/m1/s1. The molecule has 0 bridgehead atoms. The number of aromatic nitrogens is 2. The van der Waals surface area contributed by atoms with Crippen molar-refractivity contribution >= 4 is 24.1 Å². The molecule has 132 valence electrons. The lowest BCUT2D eigenvalue weighted by atomic mass is 10.0. The van der Waals surface area contributed by atoms with E-state index in [9.17, 15) is 10.2 Å². The number of aromatic hydroxyl groups is 1. The fourth-order valence-electron chi connectivity index (χ4n) is 2.82. The monoisotopic (exact) mass is 341 g/mol. The van der Waals surface area contributed by atoms with Gasteiger partial charge in [0.15, 0.2) is 0 Å². The van der Waals surface area contributed by atoms with Crippen molar-refractivity contribution in [3.8, 4) is 5.88 Å². The lowest BCUT2D eigenvalue weighted by Gasteiger charge is -2.18. The number of aliphatic hydroxyl groups is 1. The topological polar surface area (TPSA) is 95.0 Å². The van der Waals surface area contributed by atoms with Crippen molar-refractivity contribution in [2.24, 2.45) is 23.0 Å². The smallest absolute Gasteiger partial charge is 0.220 e. The van der Waals surface area contributed by atoms with E-state index in [1.54, 1.807) is 17.7 Å². The van der Waals surface area contributed by atoms with Gasteiger partial charge in [0.05, 0.1) is 23.7 Å². The van der Waals surface area contributed by atoms with Crippen LogP contribution in [0.4, 0.5) is 11.6 Å². The second-order valence-electron chi connectivity index (χ2n) is 6.62. The number of rotatable bonds is 6. The Hall–Kier alpha value is -2.67. The molecular formula is C18H23N5O2. The Morgan fingerprint density at radius 3 is 2.84 bits per heavy atom. The van der Waals surface area contributed by atoms with Gasteiger partial charge in [-0.05, 0) is 35.8 Å². The molecule has 0 spiro atoms. The predicted octanol–water partition coefficient (Wildman–Crippen LogP) is 1.07. The van der Waals surface area contributed by atoms with Crippen LogP contribution in [0.25, 0.3) is 6.08 Å². The van der Waals surface area contributed by atoms with E-state index >= 15 is 0 Å². The first-order chi connectivity index (χ1) is 12.0. The summed E-state index contributed by atoms with van der Waals surface area (Å²) in [7, 11) is 1.73. The van der Waals surface area contributed by atoms with Crippen LogP contribution in [0, 0.1) is 5.92 Å². The van der Waals surface area contributed by atoms with Crippen molar-refractivity contribution in [2.75, 3.05) is 11.9 Å². The molecule has 0 saturated heterocycles. The Bertz CT molecular complexity index is 914. The van der Waals surface area contributed by atoms with Gasteiger partial charge in [0.2, 0.25) is 11.8 Å². The van der Waals surface area contributed by atoms with Gasteiger partial charge in [0.1, 0.15) is 12.0 Å². The molecule has 1 aliphatic heterocycles. The molecule has 0 radical (unpaired) electrons. The number of aliphatic imine (C=N–C) groups is 1. The average Bonchev–Trinajstić information content (AvgIpc) is 3.14. The summed E-state index contributed by atoms with van der Waals surface area (Å²) in [5, 5.41) is 24.8. The molecule has 3 N–H and O–H groups in total. The van der Waals surface area contributed by atoms with Crippen molar-refractivity contribution in [1.82, 2.24) is 9.55 Å². The summed E-state index contributed by atoms with van der Waals surface area (Å²) in [6, 6.07) is 5.59. The Labute approximate surface area is 146 Å². The van der Waals surface area contributed by atoms with Crippen molar-refractivity contribution in [3.63, 3.8) is 0 Å². The molecule has 1 aromatic heterocycles. The minimum atomic E-state index is -0.107. The number of anilines is 1. The number of benzene rings is 1. The Balaban J connectivity index is 1.90. The van der Waals surface area contributed by atoms with Crippen LogP contribution in [-0.4, -0.2) is 38.8 Å². The van der Waals surface area contributed by atoms with Crippen LogP contribution in [0.15, 0.2) is 28.2 Å². The maximum Gasteiger partial charge on any atom is 0.220 e. The highest BCUT2D eigenvalue weighted by Crippen LogP contribution is 2.23. The summed E-state index contributed by atoms with van der Waals surface area (Å²) in [5.41, 5.74) is 1.27. The van der Waals surface area contributed by atoms with Gasteiger partial charge >= 0.3 is 0 Å². The largest absolute Gasteiger partial charge is 0.493 e. The van der Waals surface area contributed by atoms with Gasteiger partial charge in [0.25, 0.3) is 0 Å². The van der Waals surface area contributed by atoms with Crippen LogP contribution in [0.1, 0.15) is 26.0 Å². The maximum atomic E-state index is 10.4. The molecule has 25 heavy (non-hydrogen) atoms. The number of fused-ring (bicyclic) bond motifs is 1. The van der Waals surface area contributed by atoms with Crippen LogP contribution in [-0.2, 0) is 7.05 Å². The Morgan fingerprint density at radius 1 is 1.32 bits per heavy atom. The molecule has 0 unspecified atom stereocenters. The number of imidazole rings is 1. The van der Waals surface area contributed by atoms with E-state index in [-0.39, 0.29) is 18.5 Å². The first kappa shape index (κ1) is 17.2.